The lowest BCUT2D eigenvalue weighted by Crippen LogP contribution is -2.50. The van der Waals surface area contributed by atoms with Gasteiger partial charge in [0.2, 0.25) is 0 Å². The Labute approximate surface area is 239 Å². The predicted octanol–water partition coefficient (Wildman–Crippen LogP) is 2.74. The molecule has 4 rings (SSSR count). The lowest BCUT2D eigenvalue weighted by atomic mass is 9.86. The van der Waals surface area contributed by atoms with E-state index in [-0.39, 0.29) is 11.5 Å². The number of aryl methyl sites for hydroxylation is 2. The second kappa shape index (κ2) is 14.5. The van der Waals surface area contributed by atoms with Gasteiger partial charge in [0, 0.05) is 45.8 Å². The molecule has 0 aromatic carbocycles. The highest BCUT2D eigenvalue weighted by atomic mass is 19.4. The number of carbonyl (C=O) groups excluding carboxylic acids is 1. The Balaban J connectivity index is 0.000000367. The highest BCUT2D eigenvalue weighted by molar-refractivity contribution is 5.92. The van der Waals surface area contributed by atoms with Crippen molar-refractivity contribution in [3.63, 3.8) is 0 Å². The molecule has 1 spiro atoms. The third kappa shape index (κ3) is 10.4. The molecule has 3 saturated heterocycles. The van der Waals surface area contributed by atoms with Crippen molar-refractivity contribution in [1.82, 2.24) is 24.5 Å². The number of nitrogens with zero attached hydrogens (tertiary/aromatic N) is 5. The van der Waals surface area contributed by atoms with Crippen molar-refractivity contribution < 1.29 is 55.7 Å². The van der Waals surface area contributed by atoms with E-state index >= 15 is 0 Å². The summed E-state index contributed by atoms with van der Waals surface area (Å²) in [5, 5.41) is 18.7. The van der Waals surface area contributed by atoms with Gasteiger partial charge in [-0.1, -0.05) is 0 Å². The number of aromatic nitrogens is 2. The van der Waals surface area contributed by atoms with E-state index in [9.17, 15) is 31.1 Å². The number of carboxylic acids is 2. The van der Waals surface area contributed by atoms with Gasteiger partial charge in [-0.15, -0.1) is 0 Å². The topological polar surface area (TPSA) is 128 Å². The van der Waals surface area contributed by atoms with Crippen LogP contribution in [0.25, 0.3) is 0 Å². The number of ether oxygens (including phenoxy) is 1. The first-order valence-corrected chi connectivity index (χ1v) is 13.4. The molecule has 0 bridgehead atoms. The summed E-state index contributed by atoms with van der Waals surface area (Å²) < 4.78 is 71.7. The van der Waals surface area contributed by atoms with Crippen LogP contribution in [0.2, 0.25) is 0 Å². The maximum Gasteiger partial charge on any atom is 0.490 e. The third-order valence-electron chi connectivity index (χ3n) is 7.13. The molecule has 0 saturated carbocycles. The van der Waals surface area contributed by atoms with Gasteiger partial charge in [-0.05, 0) is 52.1 Å². The van der Waals surface area contributed by atoms with E-state index < -0.39 is 24.3 Å². The Morgan fingerprint density at radius 3 is 2.07 bits per heavy atom. The van der Waals surface area contributed by atoms with Crippen LogP contribution in [0.3, 0.4) is 0 Å². The van der Waals surface area contributed by atoms with Crippen LogP contribution in [0, 0.1) is 12.8 Å². The third-order valence-corrected chi connectivity index (χ3v) is 7.13. The number of aliphatic carboxylic acids is 2. The smallest absolute Gasteiger partial charge is 0.475 e. The molecular formula is C25H37F6N5O6. The first-order valence-electron chi connectivity index (χ1n) is 13.4. The fourth-order valence-corrected chi connectivity index (χ4v) is 5.13. The molecule has 2 N–H and O–H groups in total. The Bertz CT molecular complexity index is 1050. The van der Waals surface area contributed by atoms with Crippen LogP contribution in [0.1, 0.15) is 42.4 Å². The summed E-state index contributed by atoms with van der Waals surface area (Å²) in [5.41, 5.74) is 1.47. The second-order valence-electron chi connectivity index (χ2n) is 10.6. The number of halogens is 6. The molecule has 240 valence electrons. The molecule has 0 radical (unpaired) electrons. The SMILES string of the molecule is CCn1nc(C)cc1C(=O)N1CCCC2(CC(CN3CCN(C)CC3)CO2)C1.O=C(O)C(F)(F)F.O=C(O)C(F)(F)F. The minimum atomic E-state index is -5.08. The Kier molecular flexibility index (Phi) is 12.2. The van der Waals surface area contributed by atoms with E-state index in [4.69, 9.17) is 24.5 Å². The number of carbonyl (C=O) groups is 3. The zero-order chi connectivity index (χ0) is 31.9. The molecule has 1 aromatic heterocycles. The van der Waals surface area contributed by atoms with Gasteiger partial charge in [0.15, 0.2) is 0 Å². The van der Waals surface area contributed by atoms with Gasteiger partial charge in [-0.25, -0.2) is 9.59 Å². The zero-order valence-corrected chi connectivity index (χ0v) is 23.7. The number of alkyl halides is 6. The number of likely N-dealkylation sites (N-methyl/N-ethyl adjacent to an activating group) is 1. The molecule has 3 fully saturated rings. The van der Waals surface area contributed by atoms with E-state index in [2.05, 4.69) is 21.9 Å². The van der Waals surface area contributed by atoms with E-state index in [1.165, 1.54) is 0 Å². The van der Waals surface area contributed by atoms with Crippen molar-refractivity contribution in [2.45, 2.75) is 57.6 Å². The number of carboxylic acid groups (broad SMARTS) is 2. The lowest BCUT2D eigenvalue weighted by molar-refractivity contribution is -0.193. The minimum absolute atomic E-state index is 0.104. The molecule has 0 aliphatic carbocycles. The van der Waals surface area contributed by atoms with Crippen LogP contribution in [-0.2, 0) is 20.9 Å². The maximum absolute atomic E-state index is 13.2. The van der Waals surface area contributed by atoms with Gasteiger partial charge < -0.3 is 29.6 Å². The Morgan fingerprint density at radius 2 is 1.57 bits per heavy atom. The largest absolute Gasteiger partial charge is 0.490 e. The van der Waals surface area contributed by atoms with E-state index in [0.29, 0.717) is 11.6 Å². The van der Waals surface area contributed by atoms with Crippen LogP contribution in [0.5, 0.6) is 0 Å². The van der Waals surface area contributed by atoms with Crippen molar-refractivity contribution in [3.05, 3.63) is 17.5 Å². The average molecular weight is 618 g/mol. The van der Waals surface area contributed by atoms with Gasteiger partial charge in [0.05, 0.1) is 24.4 Å². The van der Waals surface area contributed by atoms with E-state index in [1.807, 2.05) is 29.5 Å². The number of hydrogen-bond donors (Lipinski definition) is 2. The lowest BCUT2D eigenvalue weighted by Gasteiger charge is -2.40. The maximum atomic E-state index is 13.2. The highest BCUT2D eigenvalue weighted by Crippen LogP contribution is 2.38. The van der Waals surface area contributed by atoms with Crippen molar-refractivity contribution in [2.24, 2.45) is 5.92 Å². The number of amides is 1. The van der Waals surface area contributed by atoms with Gasteiger partial charge in [0.1, 0.15) is 5.69 Å². The first kappa shape index (κ1) is 35.3. The summed E-state index contributed by atoms with van der Waals surface area (Å²) in [5.74, 6) is -4.82. The number of piperazine rings is 1. The van der Waals surface area contributed by atoms with Crippen LogP contribution < -0.4 is 0 Å². The van der Waals surface area contributed by atoms with Crippen molar-refractivity contribution >= 4 is 17.8 Å². The fourth-order valence-electron chi connectivity index (χ4n) is 5.13. The van der Waals surface area contributed by atoms with E-state index in [1.54, 1.807) is 0 Å². The Hall–Kier alpha value is -2.92. The molecular weight excluding hydrogens is 580 g/mol. The molecule has 11 nitrogen and oxygen atoms in total. The summed E-state index contributed by atoms with van der Waals surface area (Å²) in [6.07, 6.45) is -7.00. The molecule has 2 atom stereocenters. The van der Waals surface area contributed by atoms with Gasteiger partial charge >= 0.3 is 24.3 Å². The van der Waals surface area contributed by atoms with Crippen LogP contribution in [0.4, 0.5) is 26.3 Å². The predicted molar refractivity (Wildman–Crippen MR) is 136 cm³/mol. The number of rotatable bonds is 4. The summed E-state index contributed by atoms with van der Waals surface area (Å²) in [6, 6.07) is 1.92. The minimum Gasteiger partial charge on any atom is -0.475 e. The fraction of sp³-hybridized carbons (Fsp3) is 0.760. The van der Waals surface area contributed by atoms with Gasteiger partial charge in [-0.3, -0.25) is 9.48 Å². The number of piperidine rings is 1. The molecule has 2 unspecified atom stereocenters. The normalized spacial score (nSPS) is 23.5. The first-order chi connectivity index (χ1) is 19.4. The molecule has 42 heavy (non-hydrogen) atoms. The molecule has 17 heteroatoms. The molecule has 3 aliphatic heterocycles. The van der Waals surface area contributed by atoms with Crippen molar-refractivity contribution in [2.75, 3.05) is 59.5 Å². The summed E-state index contributed by atoms with van der Waals surface area (Å²) in [7, 11) is 2.20. The number of likely N-dealkylation sites (tertiary alicyclic amines) is 1. The number of hydrogen-bond acceptors (Lipinski definition) is 7. The van der Waals surface area contributed by atoms with Crippen molar-refractivity contribution in [1.29, 1.82) is 0 Å². The standard InChI is InChI=1S/C21H35N5O2.2C2HF3O2/c1-4-26-19(12-17(2)22-26)20(27)25-7-5-6-21(16-25)13-18(15-28-21)14-24-10-8-23(3)9-11-24;2*3-2(4,5)1(6)7/h12,18H,4-11,13-16H2,1-3H3;2*(H,6,7). The van der Waals surface area contributed by atoms with Crippen molar-refractivity contribution in [3.8, 4) is 0 Å². The van der Waals surface area contributed by atoms with Gasteiger partial charge in [0.25, 0.3) is 5.91 Å². The summed E-state index contributed by atoms with van der Waals surface area (Å²) in [4.78, 5) is 37.9. The quantitative estimate of drug-likeness (QED) is 0.491. The monoisotopic (exact) mass is 617 g/mol. The second-order valence-corrected chi connectivity index (χ2v) is 10.6. The highest BCUT2D eigenvalue weighted by Gasteiger charge is 2.45. The Morgan fingerprint density at radius 1 is 1.02 bits per heavy atom. The summed E-state index contributed by atoms with van der Waals surface area (Å²) >= 11 is 0. The zero-order valence-electron chi connectivity index (χ0n) is 23.7. The molecule has 4 heterocycles. The van der Waals surface area contributed by atoms with Crippen LogP contribution in [0.15, 0.2) is 6.07 Å². The molecule has 1 amide bonds. The van der Waals surface area contributed by atoms with E-state index in [0.717, 1.165) is 83.9 Å². The average Bonchev–Trinajstić information content (AvgIpc) is 3.47. The van der Waals surface area contributed by atoms with Crippen LogP contribution >= 0.6 is 0 Å². The molecule has 1 aromatic rings. The summed E-state index contributed by atoms with van der Waals surface area (Å²) in [6.45, 7) is 12.8. The molecule has 3 aliphatic rings. The van der Waals surface area contributed by atoms with Gasteiger partial charge in [-0.2, -0.15) is 31.4 Å². The van der Waals surface area contributed by atoms with Crippen LogP contribution in [-0.4, -0.2) is 130 Å².